The maximum Gasteiger partial charge on any atom is 0.223 e. The number of amides is 1. The van der Waals surface area contributed by atoms with Crippen LogP contribution in [0.1, 0.15) is 27.2 Å². The molecule has 2 saturated heterocycles. The van der Waals surface area contributed by atoms with Gasteiger partial charge in [0.25, 0.3) is 0 Å². The SMILES string of the molecule is CC(C)(C)CC(=O)N1C[C@H]2CNC[C@H]2C1. The fraction of sp³-hybridized carbons (Fsp3) is 0.917. The molecule has 0 radical (unpaired) electrons. The average Bonchev–Trinajstić information content (AvgIpc) is 2.56. The molecular weight excluding hydrogens is 188 g/mol. The lowest BCUT2D eigenvalue weighted by molar-refractivity contribution is -0.132. The van der Waals surface area contributed by atoms with Gasteiger partial charge in [0.15, 0.2) is 0 Å². The summed E-state index contributed by atoms with van der Waals surface area (Å²) in [4.78, 5) is 14.1. The molecule has 3 heteroatoms. The summed E-state index contributed by atoms with van der Waals surface area (Å²) in [5, 5.41) is 3.39. The maximum absolute atomic E-state index is 12.0. The summed E-state index contributed by atoms with van der Waals surface area (Å²) in [5.41, 5.74) is 0.118. The molecular formula is C12H22N2O. The highest BCUT2D eigenvalue weighted by molar-refractivity contribution is 5.77. The fourth-order valence-electron chi connectivity index (χ4n) is 2.62. The third-order valence-corrected chi connectivity index (χ3v) is 3.42. The van der Waals surface area contributed by atoms with E-state index in [0.717, 1.165) is 26.2 Å². The van der Waals surface area contributed by atoms with E-state index in [1.807, 2.05) is 0 Å². The molecule has 0 spiro atoms. The number of rotatable bonds is 1. The zero-order valence-corrected chi connectivity index (χ0v) is 10.0. The van der Waals surface area contributed by atoms with Gasteiger partial charge in [0, 0.05) is 32.6 Å². The van der Waals surface area contributed by atoms with Gasteiger partial charge in [0.05, 0.1) is 0 Å². The molecule has 2 rings (SSSR count). The van der Waals surface area contributed by atoms with Crippen molar-refractivity contribution in [1.82, 2.24) is 10.2 Å². The van der Waals surface area contributed by atoms with E-state index in [1.54, 1.807) is 0 Å². The van der Waals surface area contributed by atoms with Gasteiger partial charge in [-0.15, -0.1) is 0 Å². The minimum Gasteiger partial charge on any atom is -0.342 e. The molecule has 2 aliphatic rings. The average molecular weight is 210 g/mol. The summed E-state index contributed by atoms with van der Waals surface area (Å²) in [5.74, 6) is 1.78. The predicted molar refractivity (Wildman–Crippen MR) is 60.5 cm³/mol. The summed E-state index contributed by atoms with van der Waals surface area (Å²) in [6.45, 7) is 10.5. The van der Waals surface area contributed by atoms with E-state index >= 15 is 0 Å². The van der Waals surface area contributed by atoms with Gasteiger partial charge >= 0.3 is 0 Å². The predicted octanol–water partition coefficient (Wildman–Crippen LogP) is 1.10. The monoisotopic (exact) mass is 210 g/mol. The third kappa shape index (κ3) is 2.51. The van der Waals surface area contributed by atoms with Crippen molar-refractivity contribution in [3.63, 3.8) is 0 Å². The van der Waals surface area contributed by atoms with Crippen LogP contribution in [-0.2, 0) is 4.79 Å². The zero-order valence-electron chi connectivity index (χ0n) is 10.0. The molecule has 1 N–H and O–H groups in total. The number of likely N-dealkylation sites (tertiary alicyclic amines) is 1. The third-order valence-electron chi connectivity index (χ3n) is 3.42. The van der Waals surface area contributed by atoms with Crippen molar-refractivity contribution >= 4 is 5.91 Å². The Bertz CT molecular complexity index is 245. The smallest absolute Gasteiger partial charge is 0.223 e. The van der Waals surface area contributed by atoms with Crippen molar-refractivity contribution in [2.75, 3.05) is 26.2 Å². The van der Waals surface area contributed by atoms with Crippen LogP contribution in [0.15, 0.2) is 0 Å². The lowest BCUT2D eigenvalue weighted by Gasteiger charge is -2.23. The quantitative estimate of drug-likeness (QED) is 0.703. The van der Waals surface area contributed by atoms with Gasteiger partial charge in [0.1, 0.15) is 0 Å². The van der Waals surface area contributed by atoms with Crippen LogP contribution in [0.5, 0.6) is 0 Å². The Balaban J connectivity index is 1.88. The summed E-state index contributed by atoms with van der Waals surface area (Å²) in [7, 11) is 0. The summed E-state index contributed by atoms with van der Waals surface area (Å²) >= 11 is 0. The van der Waals surface area contributed by atoms with E-state index in [4.69, 9.17) is 0 Å². The molecule has 0 aromatic carbocycles. The Morgan fingerprint density at radius 3 is 2.27 bits per heavy atom. The Morgan fingerprint density at radius 2 is 1.80 bits per heavy atom. The lowest BCUT2D eigenvalue weighted by Crippen LogP contribution is -2.34. The zero-order chi connectivity index (χ0) is 11.1. The van der Waals surface area contributed by atoms with Gasteiger partial charge in [0.2, 0.25) is 5.91 Å². The second-order valence-electron chi connectivity index (χ2n) is 6.21. The summed E-state index contributed by atoms with van der Waals surface area (Å²) in [6.07, 6.45) is 0.680. The minimum absolute atomic E-state index is 0.118. The van der Waals surface area contributed by atoms with Gasteiger partial charge in [-0.25, -0.2) is 0 Å². The van der Waals surface area contributed by atoms with Crippen molar-refractivity contribution in [3.05, 3.63) is 0 Å². The molecule has 15 heavy (non-hydrogen) atoms. The maximum atomic E-state index is 12.0. The first kappa shape index (κ1) is 10.9. The van der Waals surface area contributed by atoms with Crippen LogP contribution in [-0.4, -0.2) is 37.0 Å². The van der Waals surface area contributed by atoms with Crippen LogP contribution in [0.3, 0.4) is 0 Å². The van der Waals surface area contributed by atoms with Crippen molar-refractivity contribution in [2.45, 2.75) is 27.2 Å². The van der Waals surface area contributed by atoms with Gasteiger partial charge in [-0.05, 0) is 17.3 Å². The first-order chi connectivity index (χ1) is 6.96. The fourth-order valence-corrected chi connectivity index (χ4v) is 2.62. The Kier molecular flexibility index (Phi) is 2.75. The highest BCUT2D eigenvalue weighted by atomic mass is 16.2. The van der Waals surface area contributed by atoms with Gasteiger partial charge in [-0.3, -0.25) is 4.79 Å². The van der Waals surface area contributed by atoms with Crippen molar-refractivity contribution in [3.8, 4) is 0 Å². The van der Waals surface area contributed by atoms with E-state index < -0.39 is 0 Å². The largest absolute Gasteiger partial charge is 0.342 e. The molecule has 0 aromatic rings. The van der Waals surface area contributed by atoms with E-state index in [0.29, 0.717) is 24.2 Å². The number of hydrogen-bond donors (Lipinski definition) is 1. The van der Waals surface area contributed by atoms with Crippen LogP contribution < -0.4 is 5.32 Å². The van der Waals surface area contributed by atoms with E-state index in [9.17, 15) is 4.79 Å². The first-order valence-corrected chi connectivity index (χ1v) is 5.94. The molecule has 0 bridgehead atoms. The summed E-state index contributed by atoms with van der Waals surface area (Å²) in [6, 6.07) is 0. The van der Waals surface area contributed by atoms with Crippen molar-refractivity contribution in [1.29, 1.82) is 0 Å². The van der Waals surface area contributed by atoms with Gasteiger partial charge < -0.3 is 10.2 Å². The molecule has 3 nitrogen and oxygen atoms in total. The van der Waals surface area contributed by atoms with Gasteiger partial charge in [-0.2, -0.15) is 0 Å². The van der Waals surface area contributed by atoms with E-state index in [2.05, 4.69) is 31.0 Å². The van der Waals surface area contributed by atoms with E-state index in [1.165, 1.54) is 0 Å². The van der Waals surface area contributed by atoms with Crippen molar-refractivity contribution < 1.29 is 4.79 Å². The number of hydrogen-bond acceptors (Lipinski definition) is 2. The highest BCUT2D eigenvalue weighted by Gasteiger charge is 2.38. The van der Waals surface area contributed by atoms with Crippen LogP contribution in [0, 0.1) is 17.3 Å². The number of fused-ring (bicyclic) bond motifs is 1. The number of nitrogens with zero attached hydrogens (tertiary/aromatic N) is 1. The molecule has 2 atom stereocenters. The molecule has 2 fully saturated rings. The molecule has 86 valence electrons. The standard InChI is InChI=1S/C12H22N2O/c1-12(2,3)4-11(15)14-7-9-5-13-6-10(9)8-14/h9-10,13H,4-8H2,1-3H3/t9-,10+. The molecule has 0 aromatic heterocycles. The molecule has 2 heterocycles. The Labute approximate surface area is 92.2 Å². The molecule has 0 aliphatic carbocycles. The second kappa shape index (κ2) is 3.78. The molecule has 2 aliphatic heterocycles. The van der Waals surface area contributed by atoms with Gasteiger partial charge in [-0.1, -0.05) is 20.8 Å². The van der Waals surface area contributed by atoms with Crippen LogP contribution in [0.25, 0.3) is 0 Å². The first-order valence-electron chi connectivity index (χ1n) is 5.94. The summed E-state index contributed by atoms with van der Waals surface area (Å²) < 4.78 is 0. The van der Waals surface area contributed by atoms with Crippen LogP contribution in [0.4, 0.5) is 0 Å². The molecule has 0 unspecified atom stereocenters. The molecule has 0 saturated carbocycles. The lowest BCUT2D eigenvalue weighted by atomic mass is 9.91. The highest BCUT2D eigenvalue weighted by Crippen LogP contribution is 2.28. The van der Waals surface area contributed by atoms with Crippen molar-refractivity contribution in [2.24, 2.45) is 17.3 Å². The number of carbonyl (C=O) groups is 1. The minimum atomic E-state index is 0.118. The van der Waals surface area contributed by atoms with Crippen LogP contribution >= 0.6 is 0 Å². The molecule has 1 amide bonds. The topological polar surface area (TPSA) is 32.3 Å². The second-order valence-corrected chi connectivity index (χ2v) is 6.21. The van der Waals surface area contributed by atoms with Crippen LogP contribution in [0.2, 0.25) is 0 Å². The Hall–Kier alpha value is -0.570. The number of carbonyl (C=O) groups excluding carboxylic acids is 1. The number of nitrogens with one attached hydrogen (secondary N) is 1. The van der Waals surface area contributed by atoms with E-state index in [-0.39, 0.29) is 5.41 Å². The Morgan fingerprint density at radius 1 is 1.27 bits per heavy atom. The normalized spacial score (nSPS) is 30.7.